The Morgan fingerprint density at radius 2 is 0.363 bits per heavy atom. The summed E-state index contributed by atoms with van der Waals surface area (Å²) in [6.07, 6.45) is 6.76. The topological polar surface area (TPSA) is 114 Å². The van der Waals surface area contributed by atoms with Gasteiger partial charge in [-0.1, -0.05) is 182 Å². The van der Waals surface area contributed by atoms with E-state index in [9.17, 15) is 0 Å². The van der Waals surface area contributed by atoms with Gasteiger partial charge in [0.15, 0.2) is 0 Å². The van der Waals surface area contributed by atoms with E-state index in [-0.39, 0.29) is 42.7 Å². The summed E-state index contributed by atoms with van der Waals surface area (Å²) < 4.78 is 70.3. The molecule has 6 heterocycles. The minimum Gasteiger partial charge on any atom is -0.405 e. The fraction of sp³-hybridized carbons (Fsp3) is 0.167. The van der Waals surface area contributed by atoms with Crippen molar-refractivity contribution in [3.63, 3.8) is 0 Å². The Morgan fingerprint density at radius 1 is 0.209 bits per heavy atom. The first-order valence-electron chi connectivity index (χ1n) is 31.3. The van der Waals surface area contributed by atoms with Crippen LogP contribution in [0.1, 0.15) is 50.1 Å². The van der Waals surface area contributed by atoms with E-state index >= 15 is 0 Å². The summed E-state index contributed by atoms with van der Waals surface area (Å²) in [4.78, 5) is 2.31. The van der Waals surface area contributed by atoms with Gasteiger partial charge in [0.25, 0.3) is 0 Å². The van der Waals surface area contributed by atoms with Crippen LogP contribution < -0.4 is 37.7 Å². The molecular formula is C72H63B6NO12. The standard InChI is InChI=1S/C72H63B6NO12/c1-31-67(32-2-52(1)49-70(55-7-19-61(20-8-55)73-80-37-38-81-73)56-9-21-62(22-10-56)74-82-39-40-83-74)79(68-33-3-53(4-34-68)50-71(57-11-23-63(24-12-57)75-84-41-42-85-75)58-13-25-64(26-14-58)76-86-43-44-87-76)69-35-5-54(6-36-69)51-72(59-15-27-65(28-16-59)77-88-45-46-89-77)60-17-29-66(30-18-60)78-90-47-48-91-78/h1-36,49-51H,37-48H2. The fourth-order valence-electron chi connectivity index (χ4n) is 12.3. The molecule has 6 fully saturated rings. The lowest BCUT2D eigenvalue weighted by Crippen LogP contribution is -2.31. The van der Waals surface area contributed by atoms with Crippen molar-refractivity contribution < 1.29 is 55.9 Å². The number of anilines is 3. The fourth-order valence-corrected chi connectivity index (χ4v) is 12.3. The first-order valence-corrected chi connectivity index (χ1v) is 31.3. The van der Waals surface area contributed by atoms with Crippen molar-refractivity contribution >= 4 is 127 Å². The normalized spacial score (nSPS) is 16.5. The van der Waals surface area contributed by atoms with Gasteiger partial charge in [0.1, 0.15) is 0 Å². The van der Waals surface area contributed by atoms with Gasteiger partial charge in [0.2, 0.25) is 0 Å². The Kier molecular flexibility index (Phi) is 18.1. The molecule has 0 amide bonds. The van der Waals surface area contributed by atoms with Crippen molar-refractivity contribution in [3.8, 4) is 0 Å². The average Bonchev–Trinajstić information content (AvgIpc) is 1.97. The van der Waals surface area contributed by atoms with Gasteiger partial charge in [-0.3, -0.25) is 0 Å². The van der Waals surface area contributed by atoms with Crippen LogP contribution in [0.25, 0.3) is 34.9 Å². The lowest BCUT2D eigenvalue weighted by atomic mass is 9.77. The predicted molar refractivity (Wildman–Crippen MR) is 364 cm³/mol. The van der Waals surface area contributed by atoms with Crippen LogP contribution in [0.2, 0.25) is 0 Å². The molecule has 13 nitrogen and oxygen atoms in total. The van der Waals surface area contributed by atoms with Crippen LogP contribution in [0.4, 0.5) is 17.1 Å². The zero-order chi connectivity index (χ0) is 60.7. The first kappa shape index (κ1) is 59.2. The number of rotatable bonds is 18. The summed E-state index contributed by atoms with van der Waals surface area (Å²) in [6, 6.07) is 77.2. The van der Waals surface area contributed by atoms with Crippen LogP contribution in [0, 0.1) is 0 Å². The number of nitrogens with zero attached hydrogens (tertiary/aromatic N) is 1. The second-order valence-corrected chi connectivity index (χ2v) is 23.0. The number of benzene rings is 9. The predicted octanol–water partition coefficient (Wildman–Crippen LogP) is 8.38. The monoisotopic (exact) mass is 1200 g/mol. The molecule has 15 rings (SSSR count). The Bertz CT molecular complexity index is 3390. The van der Waals surface area contributed by atoms with E-state index in [1.807, 2.05) is 0 Å². The van der Waals surface area contributed by atoms with Crippen LogP contribution in [0.5, 0.6) is 0 Å². The van der Waals surface area contributed by atoms with Crippen molar-refractivity contribution in [1.82, 2.24) is 0 Å². The molecule has 0 atom stereocenters. The highest BCUT2D eigenvalue weighted by Crippen LogP contribution is 2.38. The van der Waals surface area contributed by atoms with Crippen LogP contribution in [0.3, 0.4) is 0 Å². The lowest BCUT2D eigenvalue weighted by Gasteiger charge is -2.26. The molecule has 0 aromatic heterocycles. The zero-order valence-corrected chi connectivity index (χ0v) is 50.3. The molecular weight excluding hydrogens is 1140 g/mol. The molecule has 9 aromatic carbocycles. The van der Waals surface area contributed by atoms with Crippen molar-refractivity contribution in [2.45, 2.75) is 0 Å². The van der Waals surface area contributed by atoms with E-state index in [1.165, 1.54) is 0 Å². The molecule has 0 saturated carbocycles. The first-order chi connectivity index (χ1) is 45.0. The van der Waals surface area contributed by atoms with Gasteiger partial charge in [-0.05, 0) is 154 Å². The minimum atomic E-state index is -0.363. The smallest absolute Gasteiger partial charge is 0.405 e. The molecule has 446 valence electrons. The van der Waals surface area contributed by atoms with Gasteiger partial charge in [-0.25, -0.2) is 0 Å². The summed E-state index contributed by atoms with van der Waals surface area (Å²) >= 11 is 0. The van der Waals surface area contributed by atoms with Gasteiger partial charge >= 0.3 is 42.7 Å². The summed E-state index contributed by atoms with van der Waals surface area (Å²) in [5.74, 6) is 0. The minimum absolute atomic E-state index is 0.363. The second-order valence-electron chi connectivity index (χ2n) is 23.0. The molecule has 0 bridgehead atoms. The highest BCUT2D eigenvalue weighted by molar-refractivity contribution is 6.64. The Labute approximate surface area is 533 Å². The molecule has 0 N–H and O–H groups in total. The van der Waals surface area contributed by atoms with E-state index in [2.05, 4.69) is 242 Å². The molecule has 6 saturated heterocycles. The van der Waals surface area contributed by atoms with E-state index in [0.29, 0.717) is 79.3 Å². The van der Waals surface area contributed by atoms with Gasteiger partial charge in [0, 0.05) is 17.1 Å². The molecule has 0 radical (unpaired) electrons. The Hall–Kier alpha value is -8.09. The van der Waals surface area contributed by atoms with Crippen LogP contribution in [-0.4, -0.2) is 122 Å². The maximum Gasteiger partial charge on any atom is 0.494 e. The number of hydrogen-bond donors (Lipinski definition) is 0. The van der Waals surface area contributed by atoms with E-state index in [4.69, 9.17) is 55.9 Å². The van der Waals surface area contributed by atoms with E-state index in [0.717, 1.165) is 117 Å². The van der Waals surface area contributed by atoms with Crippen LogP contribution >= 0.6 is 0 Å². The third-order valence-electron chi connectivity index (χ3n) is 17.1. The van der Waals surface area contributed by atoms with Gasteiger partial charge in [-0.2, -0.15) is 0 Å². The maximum atomic E-state index is 5.86. The SMILES string of the molecule is C(=C(c1ccc(B2OCCO2)cc1)c1ccc(B2OCCO2)cc1)c1ccc(N(c2ccc(C=C(c3ccc(B4OCCO4)cc3)c3ccc(B4OCCO4)cc3)cc2)c2ccc(C=C(c3ccc(B4OCCO4)cc3)c3ccc(B4OCCO4)cc3)cc2)cc1. The molecule has 91 heavy (non-hydrogen) atoms. The molecule has 0 spiro atoms. The van der Waals surface area contributed by atoms with Gasteiger partial charge < -0.3 is 60.8 Å². The maximum absolute atomic E-state index is 5.86. The quantitative estimate of drug-likeness (QED) is 0.0607. The zero-order valence-electron chi connectivity index (χ0n) is 50.3. The summed E-state index contributed by atoms with van der Waals surface area (Å²) in [6.45, 7) is 6.99. The Balaban J connectivity index is 0.789. The molecule has 0 unspecified atom stereocenters. The Morgan fingerprint density at radius 3 is 0.516 bits per heavy atom. The molecule has 9 aromatic rings. The second kappa shape index (κ2) is 27.8. The average molecular weight is 1200 g/mol. The van der Waals surface area contributed by atoms with Crippen molar-refractivity contribution in [1.29, 1.82) is 0 Å². The van der Waals surface area contributed by atoms with Gasteiger partial charge in [-0.15, -0.1) is 0 Å². The van der Waals surface area contributed by atoms with Crippen LogP contribution in [0.15, 0.2) is 218 Å². The molecule has 0 aliphatic carbocycles. The van der Waals surface area contributed by atoms with E-state index in [1.54, 1.807) is 0 Å². The largest absolute Gasteiger partial charge is 0.494 e. The summed E-state index contributed by atoms with van der Waals surface area (Å²) in [7, 11) is -2.18. The highest BCUT2D eigenvalue weighted by atomic mass is 16.7. The van der Waals surface area contributed by atoms with Crippen molar-refractivity contribution in [2.24, 2.45) is 0 Å². The third kappa shape index (κ3) is 13.6. The molecule has 6 aliphatic rings. The van der Waals surface area contributed by atoms with Crippen LogP contribution in [-0.2, 0) is 55.9 Å². The van der Waals surface area contributed by atoms with Crippen molar-refractivity contribution in [3.05, 3.63) is 268 Å². The van der Waals surface area contributed by atoms with Crippen molar-refractivity contribution in [2.75, 3.05) is 84.2 Å². The third-order valence-corrected chi connectivity index (χ3v) is 17.1. The number of hydrogen-bond acceptors (Lipinski definition) is 13. The van der Waals surface area contributed by atoms with E-state index < -0.39 is 0 Å². The summed E-state index contributed by atoms with van der Waals surface area (Å²) in [5.41, 5.74) is 21.6. The highest BCUT2D eigenvalue weighted by Gasteiger charge is 2.31. The van der Waals surface area contributed by atoms with Gasteiger partial charge in [0.05, 0.1) is 79.3 Å². The molecule has 19 heteroatoms. The molecule has 6 aliphatic heterocycles. The lowest BCUT2D eigenvalue weighted by molar-refractivity contribution is 0.365. The summed E-state index contributed by atoms with van der Waals surface area (Å²) in [5, 5.41) is 0.